The van der Waals surface area contributed by atoms with E-state index < -0.39 is 36.0 Å². The van der Waals surface area contributed by atoms with Crippen LogP contribution in [0, 0.1) is 0 Å². The average Bonchev–Trinajstić information content (AvgIpc) is 2.90. The van der Waals surface area contributed by atoms with Gasteiger partial charge in [0, 0.05) is 6.20 Å². The van der Waals surface area contributed by atoms with Crippen molar-refractivity contribution in [3.8, 4) is 0 Å². The molecule has 0 aromatic carbocycles. The third-order valence-corrected chi connectivity index (χ3v) is 5.34. The number of nitrogens with one attached hydrogen (secondary N) is 2. The Balaban J connectivity index is 1.57. The molecule has 2 fully saturated rings. The van der Waals surface area contributed by atoms with Gasteiger partial charge in [0.2, 0.25) is 0 Å². The fraction of sp³-hybridized carbons (Fsp3) is 0.471. The third-order valence-electron chi connectivity index (χ3n) is 4.62. The van der Waals surface area contributed by atoms with Crippen LogP contribution in [0.2, 0.25) is 0 Å². The zero-order valence-electron chi connectivity index (χ0n) is 14.8. The lowest BCUT2D eigenvalue weighted by atomic mass is 9.82. The Morgan fingerprint density at radius 2 is 2.07 bits per heavy atom. The molecule has 4 amide bonds. The fourth-order valence-electron chi connectivity index (χ4n) is 3.29. The summed E-state index contributed by atoms with van der Waals surface area (Å²) in [5.74, 6) is -1.94. The largest absolute Gasteiger partial charge is 0.452 e. The van der Waals surface area contributed by atoms with Crippen molar-refractivity contribution in [3.63, 3.8) is 0 Å². The topological polar surface area (TPSA) is 118 Å². The normalized spacial score (nSPS) is 18.3. The fourth-order valence-corrected chi connectivity index (χ4v) is 3.83. The van der Waals surface area contributed by atoms with E-state index >= 15 is 0 Å². The molecule has 27 heavy (non-hydrogen) atoms. The SMILES string of the molecule is CSc1ncccc1C(=O)OCC(=O)NN1C(=O)NC2(CCCCC2)C1=O. The van der Waals surface area contributed by atoms with E-state index in [-0.39, 0.29) is 5.56 Å². The van der Waals surface area contributed by atoms with Gasteiger partial charge in [-0.15, -0.1) is 11.8 Å². The van der Waals surface area contributed by atoms with Crippen molar-refractivity contribution < 1.29 is 23.9 Å². The molecule has 1 aliphatic carbocycles. The first-order valence-electron chi connectivity index (χ1n) is 8.59. The number of nitrogens with zero attached hydrogens (tertiary/aromatic N) is 2. The van der Waals surface area contributed by atoms with Crippen LogP contribution in [0.15, 0.2) is 23.4 Å². The smallest absolute Gasteiger partial charge is 0.344 e. The summed E-state index contributed by atoms with van der Waals surface area (Å²) in [5.41, 5.74) is 1.54. The van der Waals surface area contributed by atoms with Gasteiger partial charge >= 0.3 is 12.0 Å². The van der Waals surface area contributed by atoms with Gasteiger partial charge in [0.1, 0.15) is 10.6 Å². The molecule has 144 valence electrons. The van der Waals surface area contributed by atoms with Gasteiger partial charge in [0.05, 0.1) is 5.56 Å². The molecule has 1 aromatic heterocycles. The van der Waals surface area contributed by atoms with Crippen molar-refractivity contribution in [2.24, 2.45) is 0 Å². The Bertz CT molecular complexity index is 778. The second kappa shape index (κ2) is 7.95. The molecule has 1 aliphatic heterocycles. The van der Waals surface area contributed by atoms with Crippen LogP contribution in [-0.2, 0) is 14.3 Å². The van der Waals surface area contributed by atoms with Crippen molar-refractivity contribution in [1.82, 2.24) is 20.7 Å². The maximum Gasteiger partial charge on any atom is 0.344 e. The Hall–Kier alpha value is -2.62. The number of amides is 4. The minimum absolute atomic E-state index is 0.244. The first kappa shape index (κ1) is 19.2. The molecule has 2 aliphatic rings. The van der Waals surface area contributed by atoms with Crippen molar-refractivity contribution >= 4 is 35.6 Å². The first-order valence-corrected chi connectivity index (χ1v) is 9.82. The summed E-state index contributed by atoms with van der Waals surface area (Å²) in [4.78, 5) is 52.9. The number of imide groups is 1. The first-order chi connectivity index (χ1) is 13.0. The lowest BCUT2D eigenvalue weighted by Gasteiger charge is -2.30. The van der Waals surface area contributed by atoms with Gasteiger partial charge in [-0.3, -0.25) is 15.0 Å². The molecule has 10 heteroatoms. The van der Waals surface area contributed by atoms with Gasteiger partial charge < -0.3 is 10.1 Å². The predicted molar refractivity (Wildman–Crippen MR) is 95.6 cm³/mol. The molecular formula is C17H20N4O5S. The van der Waals surface area contributed by atoms with Crippen LogP contribution in [0.4, 0.5) is 4.79 Å². The number of hydrogen-bond acceptors (Lipinski definition) is 7. The molecule has 0 atom stereocenters. The van der Waals surface area contributed by atoms with Crippen LogP contribution in [0.25, 0.3) is 0 Å². The predicted octanol–water partition coefficient (Wildman–Crippen LogP) is 1.25. The zero-order valence-corrected chi connectivity index (χ0v) is 15.6. The van der Waals surface area contributed by atoms with E-state index in [0.717, 1.165) is 19.3 Å². The number of urea groups is 1. The number of hydrazine groups is 1. The number of thioether (sulfide) groups is 1. The van der Waals surface area contributed by atoms with Gasteiger partial charge in [-0.2, -0.15) is 5.01 Å². The van der Waals surface area contributed by atoms with Crippen LogP contribution >= 0.6 is 11.8 Å². The van der Waals surface area contributed by atoms with Crippen LogP contribution < -0.4 is 10.7 Å². The van der Waals surface area contributed by atoms with E-state index in [1.165, 1.54) is 11.8 Å². The molecule has 0 radical (unpaired) electrons. The Morgan fingerprint density at radius 3 is 2.78 bits per heavy atom. The summed E-state index contributed by atoms with van der Waals surface area (Å²) < 4.78 is 4.98. The third kappa shape index (κ3) is 3.90. The van der Waals surface area contributed by atoms with E-state index in [0.29, 0.717) is 22.9 Å². The summed E-state index contributed by atoms with van der Waals surface area (Å²) in [5, 5.41) is 3.85. The summed E-state index contributed by atoms with van der Waals surface area (Å²) in [6.07, 6.45) is 7.12. The molecule has 1 saturated carbocycles. The van der Waals surface area contributed by atoms with E-state index in [1.807, 2.05) is 0 Å². The van der Waals surface area contributed by atoms with E-state index in [9.17, 15) is 19.2 Å². The molecule has 1 aromatic rings. The second-order valence-corrected chi connectivity index (χ2v) is 7.18. The number of hydrogen-bond donors (Lipinski definition) is 2. The Kier molecular flexibility index (Phi) is 5.64. The Morgan fingerprint density at radius 1 is 1.33 bits per heavy atom. The minimum Gasteiger partial charge on any atom is -0.452 e. The number of carbonyl (C=O) groups excluding carboxylic acids is 4. The molecule has 3 rings (SSSR count). The number of ether oxygens (including phenoxy) is 1. The number of pyridine rings is 1. The van der Waals surface area contributed by atoms with Crippen LogP contribution in [-0.4, -0.2) is 52.2 Å². The van der Waals surface area contributed by atoms with Gasteiger partial charge in [-0.1, -0.05) is 19.3 Å². The molecule has 0 unspecified atom stereocenters. The minimum atomic E-state index is -0.928. The molecule has 1 spiro atoms. The monoisotopic (exact) mass is 392 g/mol. The zero-order chi connectivity index (χ0) is 19.4. The molecule has 2 N–H and O–H groups in total. The summed E-state index contributed by atoms with van der Waals surface area (Å²) in [7, 11) is 0. The summed E-state index contributed by atoms with van der Waals surface area (Å²) >= 11 is 1.28. The van der Waals surface area contributed by atoms with Gasteiger partial charge in [0.25, 0.3) is 11.8 Å². The number of rotatable bonds is 5. The van der Waals surface area contributed by atoms with E-state index in [4.69, 9.17) is 4.74 Å². The highest BCUT2D eigenvalue weighted by molar-refractivity contribution is 7.98. The number of esters is 1. The highest BCUT2D eigenvalue weighted by Gasteiger charge is 2.52. The van der Waals surface area contributed by atoms with Gasteiger partial charge in [-0.25, -0.2) is 14.6 Å². The van der Waals surface area contributed by atoms with Crippen LogP contribution in [0.3, 0.4) is 0 Å². The van der Waals surface area contributed by atoms with Gasteiger partial charge in [-0.05, 0) is 31.2 Å². The Labute approximate surface area is 160 Å². The van der Waals surface area contributed by atoms with Crippen molar-refractivity contribution in [2.45, 2.75) is 42.7 Å². The van der Waals surface area contributed by atoms with E-state index in [2.05, 4.69) is 15.7 Å². The maximum absolute atomic E-state index is 12.6. The van der Waals surface area contributed by atoms with Gasteiger partial charge in [0.15, 0.2) is 6.61 Å². The number of carbonyl (C=O) groups is 4. The molecule has 1 saturated heterocycles. The standard InChI is InChI=1S/C17H20N4O5S/c1-27-13-11(6-5-9-18-13)14(23)26-10-12(22)20-21-15(24)17(19-16(21)25)7-3-2-4-8-17/h5-6,9H,2-4,7-8,10H2,1H3,(H,19,25)(H,20,22). The molecular weight excluding hydrogens is 372 g/mol. The average molecular weight is 392 g/mol. The molecule has 9 nitrogen and oxygen atoms in total. The lowest BCUT2D eigenvalue weighted by Crippen LogP contribution is -2.51. The van der Waals surface area contributed by atoms with Crippen molar-refractivity contribution in [3.05, 3.63) is 23.9 Å². The molecule has 0 bridgehead atoms. The van der Waals surface area contributed by atoms with Crippen molar-refractivity contribution in [2.75, 3.05) is 12.9 Å². The highest BCUT2D eigenvalue weighted by Crippen LogP contribution is 2.32. The van der Waals surface area contributed by atoms with Crippen molar-refractivity contribution in [1.29, 1.82) is 0 Å². The second-order valence-electron chi connectivity index (χ2n) is 6.38. The van der Waals surface area contributed by atoms with Crippen LogP contribution in [0.5, 0.6) is 0 Å². The lowest BCUT2D eigenvalue weighted by molar-refractivity contribution is -0.140. The maximum atomic E-state index is 12.6. The summed E-state index contributed by atoms with van der Waals surface area (Å²) in [6.45, 7) is -0.619. The van der Waals surface area contributed by atoms with Crippen LogP contribution in [0.1, 0.15) is 42.5 Å². The molecule has 2 heterocycles. The summed E-state index contributed by atoms with van der Waals surface area (Å²) in [6, 6.07) is 2.47. The number of aromatic nitrogens is 1. The highest BCUT2D eigenvalue weighted by atomic mass is 32.2. The van der Waals surface area contributed by atoms with E-state index in [1.54, 1.807) is 24.6 Å². The quantitative estimate of drug-likeness (QED) is 0.440.